The normalized spacial score (nSPS) is 23.9. The summed E-state index contributed by atoms with van der Waals surface area (Å²) in [6, 6.07) is 6.45. The van der Waals surface area contributed by atoms with E-state index < -0.39 is 0 Å². The van der Waals surface area contributed by atoms with Gasteiger partial charge in [0.1, 0.15) is 5.75 Å². The summed E-state index contributed by atoms with van der Waals surface area (Å²) >= 11 is 0. The molecule has 0 bridgehead atoms. The third-order valence-corrected chi connectivity index (χ3v) is 4.36. The average Bonchev–Trinajstić information content (AvgIpc) is 3.13. The van der Waals surface area contributed by atoms with E-state index in [0.717, 1.165) is 5.75 Å². The second-order valence-corrected chi connectivity index (χ2v) is 5.44. The predicted octanol–water partition coefficient (Wildman–Crippen LogP) is 2.53. The molecule has 86 valence electrons. The lowest BCUT2D eigenvalue weighted by molar-refractivity contribution is 0.393. The van der Waals surface area contributed by atoms with Crippen molar-refractivity contribution >= 4 is 0 Å². The van der Waals surface area contributed by atoms with Crippen molar-refractivity contribution in [3.63, 3.8) is 0 Å². The maximum atomic E-state index is 6.44. The number of nitrogens with two attached hydrogens (primary N) is 1. The van der Waals surface area contributed by atoms with Crippen molar-refractivity contribution in [2.45, 2.75) is 43.6 Å². The van der Waals surface area contributed by atoms with Gasteiger partial charge in [0.15, 0.2) is 0 Å². The summed E-state index contributed by atoms with van der Waals surface area (Å²) in [5, 5.41) is 0. The molecular weight excluding hydrogens is 198 g/mol. The highest BCUT2D eigenvalue weighted by Crippen LogP contribution is 2.65. The molecule has 2 fully saturated rings. The molecule has 0 atom stereocenters. The maximum Gasteiger partial charge on any atom is 0.122 e. The highest BCUT2D eigenvalue weighted by atomic mass is 16.5. The third kappa shape index (κ3) is 1.23. The van der Waals surface area contributed by atoms with E-state index in [1.54, 1.807) is 7.11 Å². The summed E-state index contributed by atoms with van der Waals surface area (Å²) in [6.45, 7) is 2.13. The van der Waals surface area contributed by atoms with Gasteiger partial charge in [0.25, 0.3) is 0 Å². The molecule has 16 heavy (non-hydrogen) atoms. The van der Waals surface area contributed by atoms with Gasteiger partial charge in [-0.3, -0.25) is 0 Å². The van der Waals surface area contributed by atoms with Crippen LogP contribution in [0.5, 0.6) is 5.75 Å². The first-order chi connectivity index (χ1) is 7.61. The van der Waals surface area contributed by atoms with Crippen molar-refractivity contribution in [1.29, 1.82) is 0 Å². The van der Waals surface area contributed by atoms with Crippen LogP contribution in [0, 0.1) is 6.92 Å². The number of hydrogen-bond acceptors (Lipinski definition) is 2. The lowest BCUT2D eigenvalue weighted by Crippen LogP contribution is -2.37. The van der Waals surface area contributed by atoms with Crippen LogP contribution in [0.25, 0.3) is 0 Å². The molecule has 2 N–H and O–H groups in total. The van der Waals surface area contributed by atoms with E-state index in [2.05, 4.69) is 25.1 Å². The minimum absolute atomic E-state index is 0.0636. The monoisotopic (exact) mass is 217 g/mol. The SMILES string of the molecule is COc1ccc(C)cc1C1(C2(N)CC2)CC1. The Labute approximate surface area is 96.8 Å². The number of methoxy groups -OCH3 is 1. The van der Waals surface area contributed by atoms with Gasteiger partial charge < -0.3 is 10.5 Å². The van der Waals surface area contributed by atoms with Crippen molar-refractivity contribution in [2.75, 3.05) is 7.11 Å². The van der Waals surface area contributed by atoms with Gasteiger partial charge in [0, 0.05) is 16.5 Å². The lowest BCUT2D eigenvalue weighted by Gasteiger charge is -2.25. The number of ether oxygens (including phenoxy) is 1. The fourth-order valence-electron chi connectivity index (χ4n) is 2.97. The van der Waals surface area contributed by atoms with Crippen LogP contribution in [0.4, 0.5) is 0 Å². The van der Waals surface area contributed by atoms with Gasteiger partial charge in [-0.05, 0) is 38.7 Å². The van der Waals surface area contributed by atoms with Gasteiger partial charge in [-0.15, -0.1) is 0 Å². The van der Waals surface area contributed by atoms with Gasteiger partial charge >= 0.3 is 0 Å². The molecule has 2 nitrogen and oxygen atoms in total. The summed E-state index contributed by atoms with van der Waals surface area (Å²) in [5.41, 5.74) is 9.37. The first-order valence-electron chi connectivity index (χ1n) is 6.05. The Morgan fingerprint density at radius 2 is 1.88 bits per heavy atom. The first kappa shape index (κ1) is 10.2. The van der Waals surface area contributed by atoms with Crippen molar-refractivity contribution in [3.8, 4) is 5.75 Å². The summed E-state index contributed by atoms with van der Waals surface area (Å²) in [7, 11) is 1.75. The van der Waals surface area contributed by atoms with Gasteiger partial charge in [-0.1, -0.05) is 17.7 Å². The molecule has 0 aromatic heterocycles. The molecular formula is C14H19NO. The quantitative estimate of drug-likeness (QED) is 0.844. The minimum atomic E-state index is 0.0636. The zero-order chi connectivity index (χ0) is 11.4. The number of rotatable bonds is 3. The van der Waals surface area contributed by atoms with Gasteiger partial charge in [0.2, 0.25) is 0 Å². The lowest BCUT2D eigenvalue weighted by atomic mass is 9.85. The van der Waals surface area contributed by atoms with Gasteiger partial charge in [-0.2, -0.15) is 0 Å². The summed E-state index contributed by atoms with van der Waals surface area (Å²) in [4.78, 5) is 0. The standard InChI is InChI=1S/C14H19NO/c1-10-3-4-12(16-2)11(9-10)13(5-6-13)14(15)7-8-14/h3-4,9H,5-8,15H2,1-2H3. The van der Waals surface area contributed by atoms with Crippen LogP contribution in [-0.4, -0.2) is 12.6 Å². The molecule has 0 saturated heterocycles. The van der Waals surface area contributed by atoms with Gasteiger partial charge in [-0.25, -0.2) is 0 Å². The molecule has 2 aliphatic carbocycles. The van der Waals surface area contributed by atoms with Gasteiger partial charge in [0.05, 0.1) is 7.11 Å². The Hall–Kier alpha value is -1.02. The van der Waals surface area contributed by atoms with Crippen LogP contribution < -0.4 is 10.5 Å². The van der Waals surface area contributed by atoms with E-state index in [0.29, 0.717) is 0 Å². The van der Waals surface area contributed by atoms with Crippen LogP contribution in [0.3, 0.4) is 0 Å². The molecule has 1 aromatic carbocycles. The first-order valence-corrected chi connectivity index (χ1v) is 6.05. The Balaban J connectivity index is 2.09. The minimum Gasteiger partial charge on any atom is -0.496 e. The molecule has 0 radical (unpaired) electrons. The number of aryl methyl sites for hydroxylation is 1. The molecule has 0 spiro atoms. The number of hydrogen-bond donors (Lipinski definition) is 1. The fraction of sp³-hybridized carbons (Fsp3) is 0.571. The Morgan fingerprint density at radius 1 is 1.19 bits per heavy atom. The van der Waals surface area contributed by atoms with E-state index in [-0.39, 0.29) is 11.0 Å². The van der Waals surface area contributed by atoms with E-state index in [9.17, 15) is 0 Å². The van der Waals surface area contributed by atoms with Crippen LogP contribution in [0.1, 0.15) is 36.8 Å². The third-order valence-electron chi connectivity index (χ3n) is 4.36. The van der Waals surface area contributed by atoms with Crippen molar-refractivity contribution in [2.24, 2.45) is 5.73 Å². The molecule has 2 heteroatoms. The molecule has 3 rings (SSSR count). The van der Waals surface area contributed by atoms with E-state index in [1.807, 2.05) is 0 Å². The molecule has 0 heterocycles. The molecule has 0 aliphatic heterocycles. The van der Waals surface area contributed by atoms with Crippen molar-refractivity contribution in [1.82, 2.24) is 0 Å². The molecule has 1 aromatic rings. The predicted molar refractivity (Wildman–Crippen MR) is 64.8 cm³/mol. The number of benzene rings is 1. The van der Waals surface area contributed by atoms with E-state index >= 15 is 0 Å². The zero-order valence-corrected chi connectivity index (χ0v) is 10.0. The molecule has 0 amide bonds. The second kappa shape index (κ2) is 3.01. The highest BCUT2D eigenvalue weighted by molar-refractivity contribution is 5.50. The average molecular weight is 217 g/mol. The summed E-state index contributed by atoms with van der Waals surface area (Å²) < 4.78 is 5.49. The fourth-order valence-corrected chi connectivity index (χ4v) is 2.97. The molecule has 2 saturated carbocycles. The highest BCUT2D eigenvalue weighted by Gasteiger charge is 2.64. The van der Waals surface area contributed by atoms with Crippen LogP contribution in [0.2, 0.25) is 0 Å². The Kier molecular flexibility index (Phi) is 1.91. The van der Waals surface area contributed by atoms with Crippen LogP contribution in [-0.2, 0) is 5.41 Å². The second-order valence-electron chi connectivity index (χ2n) is 5.44. The van der Waals surface area contributed by atoms with Crippen molar-refractivity contribution < 1.29 is 4.74 Å². The summed E-state index contributed by atoms with van der Waals surface area (Å²) in [6.07, 6.45) is 4.79. The Morgan fingerprint density at radius 3 is 2.38 bits per heavy atom. The van der Waals surface area contributed by atoms with E-state index in [4.69, 9.17) is 10.5 Å². The maximum absolute atomic E-state index is 6.44. The van der Waals surface area contributed by atoms with Crippen LogP contribution >= 0.6 is 0 Å². The Bertz CT molecular complexity index is 430. The zero-order valence-electron chi connectivity index (χ0n) is 10.0. The smallest absolute Gasteiger partial charge is 0.122 e. The van der Waals surface area contributed by atoms with Crippen LogP contribution in [0.15, 0.2) is 18.2 Å². The molecule has 2 aliphatic rings. The largest absolute Gasteiger partial charge is 0.496 e. The topological polar surface area (TPSA) is 35.2 Å². The van der Waals surface area contributed by atoms with Crippen molar-refractivity contribution in [3.05, 3.63) is 29.3 Å². The summed E-state index contributed by atoms with van der Waals surface area (Å²) in [5.74, 6) is 1.01. The van der Waals surface area contributed by atoms with E-state index in [1.165, 1.54) is 36.8 Å². The molecule has 0 unspecified atom stereocenters.